The molecular formula is C32H44Cl2SiZr. The van der Waals surface area contributed by atoms with Crippen LogP contribution < -0.4 is 28.1 Å². The molecule has 0 aromatic heterocycles. The third-order valence-electron chi connectivity index (χ3n) is 7.57. The molecular weight excluding hydrogens is 575 g/mol. The van der Waals surface area contributed by atoms with Crippen molar-refractivity contribution in [2.24, 2.45) is 0 Å². The number of fused-ring (bicyclic) bond motifs is 3. The number of hydrogen-bond acceptors (Lipinski definition) is 0. The van der Waals surface area contributed by atoms with Crippen LogP contribution in [-0.4, -0.2) is 5.43 Å². The molecule has 36 heavy (non-hydrogen) atoms. The van der Waals surface area contributed by atoms with Gasteiger partial charge in [-0.25, -0.2) is 0 Å². The monoisotopic (exact) mass is 616 g/mol. The number of allylic oxidation sites excluding steroid dienone is 4. The van der Waals surface area contributed by atoms with E-state index in [1.54, 1.807) is 22.3 Å². The van der Waals surface area contributed by atoms with E-state index in [2.05, 4.69) is 104 Å². The molecule has 2 aliphatic carbocycles. The number of hydrogen-bond donors (Lipinski definition) is 0. The summed E-state index contributed by atoms with van der Waals surface area (Å²) in [5, 5.41) is 0. The Balaban J connectivity index is 0.00000228. The van der Waals surface area contributed by atoms with Gasteiger partial charge in [-0.15, -0.1) is 0 Å². The van der Waals surface area contributed by atoms with E-state index in [-0.39, 0.29) is 41.1 Å². The van der Waals surface area contributed by atoms with Crippen molar-refractivity contribution >= 4 is 8.70 Å². The molecule has 0 heterocycles. The second-order valence-electron chi connectivity index (χ2n) is 12.4. The Morgan fingerprint density at radius 3 is 1.94 bits per heavy atom. The van der Waals surface area contributed by atoms with E-state index in [9.17, 15) is 0 Å². The van der Waals surface area contributed by atoms with Crippen LogP contribution in [0.15, 0.2) is 51.8 Å². The smallest absolute Gasteiger partial charge is 1.00 e. The zero-order valence-corrected chi connectivity index (χ0v) is 28.6. The molecule has 0 N–H and O–H groups in total. The molecule has 0 nitrogen and oxygen atoms in total. The molecule has 0 bridgehead atoms. The minimum atomic E-state index is -1.99. The van der Waals surface area contributed by atoms with Gasteiger partial charge in [0.1, 0.15) is 0 Å². The molecule has 0 aliphatic heterocycles. The van der Waals surface area contributed by atoms with Crippen LogP contribution in [0.4, 0.5) is 0 Å². The SMILES string of the molecule is CCC[Si](CCC)=[Zr+2]([C]1=CC=CC1)[c]1cc(C(C)(C)C)cc2c1Cc1ccc(C(C)(C)C)cc1-2.[Cl-].[Cl-]. The molecule has 0 radical (unpaired) electrons. The molecule has 0 atom stereocenters. The van der Waals surface area contributed by atoms with Crippen molar-refractivity contribution < 1.29 is 45.2 Å². The average molecular weight is 619 g/mol. The number of halogens is 2. The number of benzene rings is 2. The normalized spacial score (nSPS) is 13.7. The van der Waals surface area contributed by atoms with Crippen molar-refractivity contribution in [3.05, 3.63) is 74.1 Å². The molecule has 4 rings (SSSR count). The van der Waals surface area contributed by atoms with Crippen molar-refractivity contribution in [1.29, 1.82) is 0 Å². The Labute approximate surface area is 241 Å². The molecule has 2 aromatic carbocycles. The summed E-state index contributed by atoms with van der Waals surface area (Å²) in [5.74, 6) is 0. The maximum atomic E-state index is 2.72. The average Bonchev–Trinajstić information content (AvgIpc) is 3.40. The van der Waals surface area contributed by atoms with Crippen LogP contribution in [0.5, 0.6) is 0 Å². The standard InChI is InChI=1S/C21H25.C6H14Si.C5H5.2ClH.Zr/c1-20(2,3)16-9-7-14-11-15-8-10-17(21(4,5)6)13-19(15)18(14)12-16;1-3-5-7-6-4-2;1-2-4-5-3-1;;;/h7,9-10,12-13H,11H2,1-6H3;3-6H2,1-2H3;1-3H,4H2;2*1H;/q;;;;;+2/p-2. The zero-order chi connectivity index (χ0) is 24.7. The Bertz CT molecular complexity index is 1180. The van der Waals surface area contributed by atoms with Gasteiger partial charge in [-0.1, -0.05) is 0 Å². The van der Waals surface area contributed by atoms with Crippen LogP contribution in [0.3, 0.4) is 0 Å². The molecule has 0 saturated carbocycles. The maximum absolute atomic E-state index is 2.72. The molecule has 194 valence electrons. The topological polar surface area (TPSA) is 0 Å². The largest absolute Gasteiger partial charge is 1.00 e. The van der Waals surface area contributed by atoms with Crippen molar-refractivity contribution in [1.82, 2.24) is 0 Å². The molecule has 2 aromatic rings. The van der Waals surface area contributed by atoms with Crippen molar-refractivity contribution in [2.45, 2.75) is 104 Å². The van der Waals surface area contributed by atoms with Gasteiger partial charge in [-0.2, -0.15) is 0 Å². The minimum Gasteiger partial charge on any atom is -1.00 e. The third kappa shape index (κ3) is 6.59. The molecule has 0 spiro atoms. The molecule has 4 heteroatoms. The van der Waals surface area contributed by atoms with Gasteiger partial charge < -0.3 is 24.8 Å². The fourth-order valence-electron chi connectivity index (χ4n) is 5.60. The maximum Gasteiger partial charge on any atom is -1.00 e. The second kappa shape index (κ2) is 12.6. The van der Waals surface area contributed by atoms with Gasteiger partial charge in [0.15, 0.2) is 0 Å². The summed E-state index contributed by atoms with van der Waals surface area (Å²) >= 11 is -1.99. The molecule has 2 aliphatic rings. The first-order chi connectivity index (χ1) is 16.0. The third-order valence-corrected chi connectivity index (χ3v) is 27.8. The van der Waals surface area contributed by atoms with Gasteiger partial charge in [-0.3, -0.25) is 0 Å². The van der Waals surface area contributed by atoms with Crippen molar-refractivity contribution in [3.63, 3.8) is 0 Å². The van der Waals surface area contributed by atoms with Crippen LogP contribution in [0.1, 0.15) is 96.9 Å². The second-order valence-corrected chi connectivity index (χ2v) is 27.5. The summed E-state index contributed by atoms with van der Waals surface area (Å²) in [4.78, 5) is 0. The van der Waals surface area contributed by atoms with Crippen LogP contribution in [0.25, 0.3) is 11.1 Å². The van der Waals surface area contributed by atoms with Crippen LogP contribution in [0.2, 0.25) is 12.1 Å². The van der Waals surface area contributed by atoms with E-state index in [1.165, 1.54) is 42.5 Å². The van der Waals surface area contributed by atoms with E-state index >= 15 is 0 Å². The Hall–Kier alpha value is -0.400. The molecule has 0 amide bonds. The summed E-state index contributed by atoms with van der Waals surface area (Å²) in [6.07, 6.45) is 12.4. The summed E-state index contributed by atoms with van der Waals surface area (Å²) in [5.41, 5.74) is 9.40. The predicted molar refractivity (Wildman–Crippen MR) is 150 cm³/mol. The Morgan fingerprint density at radius 2 is 1.42 bits per heavy atom. The zero-order valence-electron chi connectivity index (χ0n) is 23.6. The summed E-state index contributed by atoms with van der Waals surface area (Å²) in [6, 6.07) is 15.7. The fourth-order valence-corrected chi connectivity index (χ4v) is 28.7. The molecule has 0 saturated heterocycles. The van der Waals surface area contributed by atoms with Gasteiger partial charge in [0, 0.05) is 0 Å². The van der Waals surface area contributed by atoms with Gasteiger partial charge in [0.2, 0.25) is 0 Å². The molecule has 0 unspecified atom stereocenters. The van der Waals surface area contributed by atoms with Crippen LogP contribution in [-0.2, 0) is 37.6 Å². The van der Waals surface area contributed by atoms with Gasteiger partial charge in [0.25, 0.3) is 0 Å². The first kappa shape index (κ1) is 31.8. The number of rotatable bonds is 6. The fraction of sp³-hybridized carbons (Fsp3) is 0.500. The van der Waals surface area contributed by atoms with E-state index in [0.29, 0.717) is 0 Å². The van der Waals surface area contributed by atoms with Gasteiger partial charge in [0.05, 0.1) is 0 Å². The summed E-state index contributed by atoms with van der Waals surface area (Å²) in [6.45, 7) is 19.1. The summed E-state index contributed by atoms with van der Waals surface area (Å²) in [7, 11) is 0. The minimum absolute atomic E-state index is 0. The molecule has 0 fully saturated rings. The van der Waals surface area contributed by atoms with Gasteiger partial charge >= 0.3 is 218 Å². The van der Waals surface area contributed by atoms with Crippen LogP contribution >= 0.6 is 0 Å². The van der Waals surface area contributed by atoms with E-state index in [1.807, 2.05) is 6.55 Å². The predicted octanol–water partition coefficient (Wildman–Crippen LogP) is 2.76. The quantitative estimate of drug-likeness (QED) is 0.373. The Kier molecular flexibility index (Phi) is 11.2. The van der Waals surface area contributed by atoms with Crippen molar-refractivity contribution in [3.8, 4) is 11.1 Å². The van der Waals surface area contributed by atoms with E-state index in [0.717, 1.165) is 6.42 Å². The van der Waals surface area contributed by atoms with Crippen LogP contribution in [0, 0.1) is 0 Å². The first-order valence-corrected chi connectivity index (χ1v) is 21.5. The summed E-state index contributed by atoms with van der Waals surface area (Å²) < 4.78 is 3.74. The van der Waals surface area contributed by atoms with E-state index < -0.39 is 20.4 Å². The van der Waals surface area contributed by atoms with Gasteiger partial charge in [-0.05, 0) is 0 Å². The van der Waals surface area contributed by atoms with E-state index in [4.69, 9.17) is 0 Å². The van der Waals surface area contributed by atoms with Crippen molar-refractivity contribution in [2.75, 3.05) is 0 Å². The first-order valence-electron chi connectivity index (χ1n) is 13.4. The Morgan fingerprint density at radius 1 is 0.806 bits per heavy atom.